The van der Waals surface area contributed by atoms with E-state index in [9.17, 15) is 14.4 Å². The first-order chi connectivity index (χ1) is 24.7. The van der Waals surface area contributed by atoms with Gasteiger partial charge in [-0.25, -0.2) is 15.0 Å². The monoisotopic (exact) mass is 690 g/mol. The van der Waals surface area contributed by atoms with Crippen molar-refractivity contribution in [3.63, 3.8) is 0 Å². The van der Waals surface area contributed by atoms with Gasteiger partial charge < -0.3 is 30.2 Å². The highest BCUT2D eigenvalue weighted by Gasteiger charge is 2.44. The third-order valence-electron chi connectivity index (χ3n) is 9.55. The van der Waals surface area contributed by atoms with Gasteiger partial charge in [0.25, 0.3) is 0 Å². The summed E-state index contributed by atoms with van der Waals surface area (Å²) in [6.07, 6.45) is -0.726. The third kappa shape index (κ3) is 7.64. The fraction of sp³-hybridized carbons (Fsp3) is 0.385. The number of carbonyl (C=O) groups excluding carboxylic acids is 3. The number of hydrogen-bond donors (Lipinski definition) is 3. The second kappa shape index (κ2) is 14.8. The number of benzene rings is 3. The Morgan fingerprint density at radius 3 is 0.961 bits per heavy atom. The molecule has 9 atom stereocenters. The molecule has 51 heavy (non-hydrogen) atoms. The molecule has 0 saturated carbocycles. The van der Waals surface area contributed by atoms with Crippen LogP contribution in [0.1, 0.15) is 37.5 Å². The van der Waals surface area contributed by atoms with Crippen molar-refractivity contribution in [3.8, 4) is 0 Å². The van der Waals surface area contributed by atoms with E-state index < -0.39 is 54.6 Å². The standard InChI is InChI=1S/C39H42N6O6/c1-22-31-34(46)40-29(20-26-15-9-5-10-16-26)38-44-33(24(3)50-38)36(48)42-30(21-27-17-11-6-12-18-27)39-45-32(23(2)51-39)35(47)41-28(37(43-31)49-22)19-25-13-7-4-8-14-25/h4-18,22-24,28-33H,19-21H2,1-3H3,(H,40,46)(H,41,47)(H,42,48)/t22-,23-,24-,28-,29-,30-,31-,32-,33-/m0/s1. The van der Waals surface area contributed by atoms with Crippen molar-refractivity contribution in [1.82, 2.24) is 16.0 Å². The van der Waals surface area contributed by atoms with Crippen LogP contribution in [0.5, 0.6) is 0 Å². The summed E-state index contributed by atoms with van der Waals surface area (Å²) in [6, 6.07) is 24.3. The average molecular weight is 691 g/mol. The molecule has 7 rings (SSSR count). The summed E-state index contributed by atoms with van der Waals surface area (Å²) in [6.45, 7) is 5.33. The van der Waals surface area contributed by atoms with Crippen LogP contribution in [-0.2, 0) is 47.9 Å². The van der Waals surface area contributed by atoms with E-state index in [1.807, 2.05) is 91.0 Å². The molecule has 4 aliphatic rings. The summed E-state index contributed by atoms with van der Waals surface area (Å²) >= 11 is 0. The second-order valence-electron chi connectivity index (χ2n) is 13.5. The smallest absolute Gasteiger partial charge is 0.249 e. The minimum atomic E-state index is -0.900. The highest BCUT2D eigenvalue weighted by molar-refractivity contribution is 6.00. The maximum Gasteiger partial charge on any atom is 0.249 e. The Bertz CT molecular complexity index is 1620. The van der Waals surface area contributed by atoms with Gasteiger partial charge in [0.05, 0.1) is 0 Å². The Labute approximate surface area is 296 Å². The van der Waals surface area contributed by atoms with Crippen molar-refractivity contribution in [1.29, 1.82) is 0 Å². The van der Waals surface area contributed by atoms with Crippen LogP contribution in [0.2, 0.25) is 0 Å². The van der Waals surface area contributed by atoms with Crippen molar-refractivity contribution in [3.05, 3.63) is 108 Å². The van der Waals surface area contributed by atoms with Gasteiger partial charge in [-0.3, -0.25) is 14.4 Å². The Morgan fingerprint density at radius 1 is 0.451 bits per heavy atom. The Kier molecular flexibility index (Phi) is 9.83. The molecule has 3 aromatic rings. The van der Waals surface area contributed by atoms with E-state index in [-0.39, 0.29) is 35.4 Å². The van der Waals surface area contributed by atoms with Gasteiger partial charge in [0.1, 0.15) is 36.4 Å². The van der Waals surface area contributed by atoms with Gasteiger partial charge in [-0.15, -0.1) is 0 Å². The normalized spacial score (nSPS) is 30.5. The van der Waals surface area contributed by atoms with Gasteiger partial charge in [0.15, 0.2) is 18.1 Å². The Balaban J connectivity index is 1.28. The average Bonchev–Trinajstić information content (AvgIpc) is 3.84. The molecule has 0 radical (unpaired) electrons. The lowest BCUT2D eigenvalue weighted by atomic mass is 10.0. The zero-order valence-corrected chi connectivity index (χ0v) is 28.8. The summed E-state index contributed by atoms with van der Waals surface area (Å²) in [5.74, 6) is -0.375. The van der Waals surface area contributed by atoms with Gasteiger partial charge >= 0.3 is 0 Å². The lowest BCUT2D eigenvalue weighted by Crippen LogP contribution is -2.48. The number of aliphatic imine (C=N–C) groups is 3. The fourth-order valence-corrected chi connectivity index (χ4v) is 6.83. The number of fused-ring (bicyclic) bond motifs is 3. The molecule has 4 heterocycles. The number of amides is 3. The largest absolute Gasteiger partial charge is 0.474 e. The zero-order chi connectivity index (χ0) is 35.5. The number of carbonyl (C=O) groups is 3. The molecule has 3 N–H and O–H groups in total. The number of ether oxygens (including phenoxy) is 3. The number of nitrogens with one attached hydrogen (secondary N) is 3. The summed E-state index contributed by atoms with van der Waals surface area (Å²) in [5.41, 5.74) is 2.85. The van der Waals surface area contributed by atoms with Crippen LogP contribution in [0, 0.1) is 0 Å². The summed E-state index contributed by atoms with van der Waals surface area (Å²) < 4.78 is 18.7. The van der Waals surface area contributed by atoms with E-state index in [0.29, 0.717) is 19.3 Å². The van der Waals surface area contributed by atoms with Crippen molar-refractivity contribution in [2.45, 2.75) is 94.6 Å². The molecule has 6 bridgehead atoms. The van der Waals surface area contributed by atoms with Crippen molar-refractivity contribution in [2.24, 2.45) is 15.0 Å². The number of nitrogens with zero attached hydrogens (tertiary/aromatic N) is 3. The van der Waals surface area contributed by atoms with Crippen LogP contribution in [0.25, 0.3) is 0 Å². The first-order valence-electron chi connectivity index (χ1n) is 17.5. The van der Waals surface area contributed by atoms with Crippen LogP contribution in [0.15, 0.2) is 106 Å². The lowest BCUT2D eigenvalue weighted by Gasteiger charge is -2.22. The van der Waals surface area contributed by atoms with E-state index in [0.717, 1.165) is 16.7 Å². The molecule has 0 fully saturated rings. The van der Waals surface area contributed by atoms with E-state index >= 15 is 0 Å². The van der Waals surface area contributed by atoms with E-state index in [2.05, 4.69) is 16.0 Å². The van der Waals surface area contributed by atoms with Crippen LogP contribution in [-0.4, -0.2) is 90.0 Å². The molecule has 0 unspecified atom stereocenters. The molecule has 4 aliphatic heterocycles. The van der Waals surface area contributed by atoms with Crippen molar-refractivity contribution < 1.29 is 28.6 Å². The SMILES string of the molecule is C[C@@H]1OC2=N[C@@H]1C(=O)N[C@@H](Cc1ccccc1)C1=N[C@H](C(=O)N[C@@H](Cc3ccccc3)C3=N[C@H](C(=O)N[C@H]2Cc2ccccc2)[C@H](C)O3)[C@H](C)O1. The molecule has 0 spiro atoms. The minimum Gasteiger partial charge on any atom is -0.474 e. The molecule has 3 aromatic carbocycles. The van der Waals surface area contributed by atoms with Gasteiger partial charge in [-0.05, 0) is 37.5 Å². The van der Waals surface area contributed by atoms with Crippen LogP contribution in [0.3, 0.4) is 0 Å². The summed E-state index contributed by atoms with van der Waals surface area (Å²) in [7, 11) is 0. The Morgan fingerprint density at radius 2 is 0.706 bits per heavy atom. The molecule has 264 valence electrons. The quantitative estimate of drug-likeness (QED) is 0.362. The van der Waals surface area contributed by atoms with Gasteiger partial charge in [-0.2, -0.15) is 0 Å². The number of hydrogen-bond acceptors (Lipinski definition) is 9. The van der Waals surface area contributed by atoms with Crippen molar-refractivity contribution >= 4 is 35.4 Å². The highest BCUT2D eigenvalue weighted by atomic mass is 16.5. The molecule has 3 amide bonds. The maximum absolute atomic E-state index is 14.0. The minimum absolute atomic E-state index is 0.258. The van der Waals surface area contributed by atoms with Crippen LogP contribution >= 0.6 is 0 Å². The van der Waals surface area contributed by atoms with Gasteiger partial charge in [0, 0.05) is 19.3 Å². The van der Waals surface area contributed by atoms with E-state index in [1.54, 1.807) is 20.8 Å². The first-order valence-corrected chi connectivity index (χ1v) is 17.5. The first kappa shape index (κ1) is 34.0. The molecule has 0 aromatic heterocycles. The van der Waals surface area contributed by atoms with Gasteiger partial charge in [-0.1, -0.05) is 91.0 Å². The topological polar surface area (TPSA) is 152 Å². The van der Waals surface area contributed by atoms with E-state index in [4.69, 9.17) is 29.2 Å². The molecule has 0 aliphatic carbocycles. The molecule has 12 heteroatoms. The summed E-state index contributed by atoms with van der Waals surface area (Å²) in [4.78, 5) is 56.2. The fourth-order valence-electron chi connectivity index (χ4n) is 6.83. The van der Waals surface area contributed by atoms with E-state index in [1.165, 1.54) is 0 Å². The molecular formula is C39H42N6O6. The second-order valence-corrected chi connectivity index (χ2v) is 13.5. The predicted octanol–water partition coefficient (Wildman–Crippen LogP) is 2.74. The maximum atomic E-state index is 14.0. The predicted molar refractivity (Wildman–Crippen MR) is 192 cm³/mol. The zero-order valence-electron chi connectivity index (χ0n) is 28.8. The third-order valence-corrected chi connectivity index (χ3v) is 9.55. The molecular weight excluding hydrogens is 648 g/mol. The van der Waals surface area contributed by atoms with Crippen LogP contribution in [0.4, 0.5) is 0 Å². The van der Waals surface area contributed by atoms with Crippen LogP contribution < -0.4 is 16.0 Å². The van der Waals surface area contributed by atoms with Crippen molar-refractivity contribution in [2.75, 3.05) is 0 Å². The lowest BCUT2D eigenvalue weighted by molar-refractivity contribution is -0.125. The van der Waals surface area contributed by atoms with Gasteiger partial charge in [0.2, 0.25) is 35.4 Å². The molecule has 12 nitrogen and oxygen atoms in total. The summed E-state index contributed by atoms with van der Waals surface area (Å²) in [5, 5.41) is 9.29. The molecule has 0 saturated heterocycles. The Hall–Kier alpha value is -5.52. The number of rotatable bonds is 6. The highest BCUT2D eigenvalue weighted by Crippen LogP contribution is 2.24.